The number of primary amides is 1. The monoisotopic (exact) mass is 367 g/mol. The van der Waals surface area contributed by atoms with Gasteiger partial charge in [-0.1, -0.05) is 74.5 Å². The molecule has 0 aliphatic carbocycles. The van der Waals surface area contributed by atoms with Crippen molar-refractivity contribution in [3.8, 4) is 0 Å². The van der Waals surface area contributed by atoms with Gasteiger partial charge < -0.3 is 16.4 Å². The van der Waals surface area contributed by atoms with Crippen LogP contribution in [0, 0.1) is 5.92 Å². The molecule has 0 fully saturated rings. The standard InChI is InChI=1S/C22H29N3O2/c1-16(2)13-19(21(23)26)25-22(27)20(14-17-9-5-3-6-10-17)24-15-18-11-7-4-8-12-18/h3-12,16,19-20,24H,13-15H2,1-2H3,(H2,23,26)(H,25,27)/t19-,20-/m0/s1. The number of carbonyl (C=O) groups is 2. The van der Waals surface area contributed by atoms with E-state index in [-0.39, 0.29) is 11.8 Å². The molecule has 0 aliphatic heterocycles. The molecule has 0 aliphatic rings. The smallest absolute Gasteiger partial charge is 0.240 e. The quantitative estimate of drug-likeness (QED) is 0.603. The van der Waals surface area contributed by atoms with Crippen molar-refractivity contribution >= 4 is 11.8 Å². The maximum Gasteiger partial charge on any atom is 0.240 e. The highest BCUT2D eigenvalue weighted by Crippen LogP contribution is 2.08. The van der Waals surface area contributed by atoms with Crippen LogP contribution in [0.5, 0.6) is 0 Å². The second kappa shape index (κ2) is 10.5. The van der Waals surface area contributed by atoms with Crippen LogP contribution in [0.1, 0.15) is 31.4 Å². The Balaban J connectivity index is 2.09. The predicted molar refractivity (Wildman–Crippen MR) is 108 cm³/mol. The minimum absolute atomic E-state index is 0.209. The van der Waals surface area contributed by atoms with E-state index >= 15 is 0 Å². The molecule has 5 nitrogen and oxygen atoms in total. The first kappa shape index (κ1) is 20.6. The van der Waals surface area contributed by atoms with Crippen LogP contribution in [0.3, 0.4) is 0 Å². The summed E-state index contributed by atoms with van der Waals surface area (Å²) in [5, 5.41) is 6.15. The summed E-state index contributed by atoms with van der Waals surface area (Å²) in [6, 6.07) is 18.6. The zero-order chi connectivity index (χ0) is 19.6. The average molecular weight is 367 g/mol. The van der Waals surface area contributed by atoms with Crippen molar-refractivity contribution in [1.29, 1.82) is 0 Å². The van der Waals surface area contributed by atoms with E-state index in [0.717, 1.165) is 11.1 Å². The number of amides is 2. The Morgan fingerprint density at radius 1 is 0.889 bits per heavy atom. The molecule has 0 saturated carbocycles. The number of rotatable bonds is 10. The number of hydrogen-bond donors (Lipinski definition) is 3. The lowest BCUT2D eigenvalue weighted by Gasteiger charge is -2.23. The lowest BCUT2D eigenvalue weighted by Crippen LogP contribution is -2.52. The Bertz CT molecular complexity index is 717. The molecule has 5 heteroatoms. The summed E-state index contributed by atoms with van der Waals surface area (Å²) in [5.41, 5.74) is 7.62. The Morgan fingerprint density at radius 3 is 1.96 bits per heavy atom. The van der Waals surface area contributed by atoms with E-state index in [1.807, 2.05) is 74.5 Å². The third kappa shape index (κ3) is 7.23. The van der Waals surface area contributed by atoms with Crippen LogP contribution in [0.15, 0.2) is 60.7 Å². The lowest BCUT2D eigenvalue weighted by atomic mass is 10.0. The third-order valence-electron chi connectivity index (χ3n) is 4.36. The average Bonchev–Trinajstić information content (AvgIpc) is 2.65. The van der Waals surface area contributed by atoms with E-state index in [2.05, 4.69) is 10.6 Å². The normalized spacial score (nSPS) is 13.1. The molecule has 2 aromatic rings. The highest BCUT2D eigenvalue weighted by Gasteiger charge is 2.25. The zero-order valence-electron chi connectivity index (χ0n) is 16.0. The van der Waals surface area contributed by atoms with E-state index in [1.165, 1.54) is 0 Å². The molecule has 144 valence electrons. The zero-order valence-corrected chi connectivity index (χ0v) is 16.0. The van der Waals surface area contributed by atoms with Gasteiger partial charge in [-0.3, -0.25) is 9.59 Å². The van der Waals surface area contributed by atoms with Crippen molar-refractivity contribution in [3.05, 3.63) is 71.8 Å². The second-order valence-electron chi connectivity index (χ2n) is 7.20. The number of hydrogen-bond acceptors (Lipinski definition) is 3. The van der Waals surface area contributed by atoms with Crippen LogP contribution >= 0.6 is 0 Å². The van der Waals surface area contributed by atoms with Crippen LogP contribution in [0.25, 0.3) is 0 Å². The van der Waals surface area contributed by atoms with Gasteiger partial charge in [0.1, 0.15) is 6.04 Å². The molecule has 2 aromatic carbocycles. The van der Waals surface area contributed by atoms with Crippen LogP contribution < -0.4 is 16.4 Å². The van der Waals surface area contributed by atoms with Gasteiger partial charge in [-0.05, 0) is 29.9 Å². The van der Waals surface area contributed by atoms with Gasteiger partial charge in [-0.25, -0.2) is 0 Å². The van der Waals surface area contributed by atoms with Gasteiger partial charge in [0.2, 0.25) is 11.8 Å². The molecule has 0 saturated heterocycles. The van der Waals surface area contributed by atoms with Gasteiger partial charge in [0.25, 0.3) is 0 Å². The fraction of sp³-hybridized carbons (Fsp3) is 0.364. The van der Waals surface area contributed by atoms with Crippen molar-refractivity contribution in [1.82, 2.24) is 10.6 Å². The van der Waals surface area contributed by atoms with E-state index in [9.17, 15) is 9.59 Å². The third-order valence-corrected chi connectivity index (χ3v) is 4.36. The fourth-order valence-corrected chi connectivity index (χ4v) is 2.93. The summed E-state index contributed by atoms with van der Waals surface area (Å²) in [4.78, 5) is 24.6. The Labute approximate surface area is 161 Å². The summed E-state index contributed by atoms with van der Waals surface area (Å²) in [7, 11) is 0. The molecule has 0 radical (unpaired) electrons. The van der Waals surface area contributed by atoms with E-state index < -0.39 is 18.0 Å². The largest absolute Gasteiger partial charge is 0.368 e. The molecule has 0 aromatic heterocycles. The molecule has 0 heterocycles. The van der Waals surface area contributed by atoms with Gasteiger partial charge in [-0.15, -0.1) is 0 Å². The molecule has 0 spiro atoms. The molecule has 0 unspecified atom stereocenters. The summed E-state index contributed by atoms with van der Waals surface area (Å²) in [6.45, 7) is 4.56. The van der Waals surface area contributed by atoms with Crippen LogP contribution in [-0.2, 0) is 22.6 Å². The number of benzene rings is 2. The minimum Gasteiger partial charge on any atom is -0.368 e. The Morgan fingerprint density at radius 2 is 1.44 bits per heavy atom. The van der Waals surface area contributed by atoms with Crippen molar-refractivity contribution in [2.24, 2.45) is 11.7 Å². The van der Waals surface area contributed by atoms with Gasteiger partial charge in [-0.2, -0.15) is 0 Å². The highest BCUT2D eigenvalue weighted by atomic mass is 16.2. The Kier molecular flexibility index (Phi) is 8.01. The van der Waals surface area contributed by atoms with E-state index in [1.54, 1.807) is 0 Å². The summed E-state index contributed by atoms with van der Waals surface area (Å²) >= 11 is 0. The maximum absolute atomic E-state index is 12.9. The first-order valence-electron chi connectivity index (χ1n) is 9.36. The molecule has 2 amide bonds. The minimum atomic E-state index is -0.658. The van der Waals surface area contributed by atoms with E-state index in [0.29, 0.717) is 19.4 Å². The van der Waals surface area contributed by atoms with Crippen LogP contribution in [-0.4, -0.2) is 23.9 Å². The first-order valence-corrected chi connectivity index (χ1v) is 9.36. The number of carbonyl (C=O) groups excluding carboxylic acids is 2. The first-order chi connectivity index (χ1) is 13.0. The van der Waals surface area contributed by atoms with Gasteiger partial charge in [0, 0.05) is 6.54 Å². The van der Waals surface area contributed by atoms with E-state index in [4.69, 9.17) is 5.73 Å². The molecule has 0 bridgehead atoms. The maximum atomic E-state index is 12.9. The SMILES string of the molecule is CC(C)C[C@H](NC(=O)[C@H](Cc1ccccc1)NCc1ccccc1)C(N)=O. The predicted octanol–water partition coefficient (Wildman–Crippen LogP) is 2.40. The molecule has 2 rings (SSSR count). The van der Waals surface area contributed by atoms with Crippen LogP contribution in [0.4, 0.5) is 0 Å². The summed E-state index contributed by atoms with van der Waals surface area (Å²) in [6.07, 6.45) is 1.06. The van der Waals surface area contributed by atoms with Gasteiger partial charge in [0.15, 0.2) is 0 Å². The van der Waals surface area contributed by atoms with Crippen LogP contribution in [0.2, 0.25) is 0 Å². The summed E-state index contributed by atoms with van der Waals surface area (Å²) in [5.74, 6) is -0.453. The fourth-order valence-electron chi connectivity index (χ4n) is 2.93. The van der Waals surface area contributed by atoms with Gasteiger partial charge >= 0.3 is 0 Å². The lowest BCUT2D eigenvalue weighted by molar-refractivity contribution is -0.129. The number of nitrogens with two attached hydrogens (primary N) is 1. The van der Waals surface area contributed by atoms with Crippen molar-refractivity contribution in [2.75, 3.05) is 0 Å². The summed E-state index contributed by atoms with van der Waals surface area (Å²) < 4.78 is 0. The Hall–Kier alpha value is -2.66. The number of nitrogens with one attached hydrogen (secondary N) is 2. The molecular formula is C22H29N3O2. The second-order valence-corrected chi connectivity index (χ2v) is 7.20. The topological polar surface area (TPSA) is 84.2 Å². The highest BCUT2D eigenvalue weighted by molar-refractivity contribution is 5.89. The molecule has 27 heavy (non-hydrogen) atoms. The van der Waals surface area contributed by atoms with Gasteiger partial charge in [0.05, 0.1) is 6.04 Å². The van der Waals surface area contributed by atoms with Crippen molar-refractivity contribution in [2.45, 2.75) is 45.3 Å². The molecular weight excluding hydrogens is 338 g/mol. The molecule has 4 N–H and O–H groups in total. The van der Waals surface area contributed by atoms with Crippen molar-refractivity contribution < 1.29 is 9.59 Å². The van der Waals surface area contributed by atoms with Crippen molar-refractivity contribution in [3.63, 3.8) is 0 Å². The molecule has 2 atom stereocenters.